The smallest absolute Gasteiger partial charge is 0.368 e. The van der Waals surface area contributed by atoms with E-state index in [-0.39, 0.29) is 11.7 Å². The number of hydrogen-bond acceptors (Lipinski definition) is 3. The standard InChI is InChI=1S/C20H22F3N3O2/c1-12-17(14(3)27)13(2)24-18(12)19(28)26-9-7-25(8-10-26)16-6-4-5-15(11-16)20(21,22)23/h4-6,11,24H,7-10H2,1-3H3. The van der Waals surface area contributed by atoms with Crippen molar-refractivity contribution in [1.29, 1.82) is 0 Å². The van der Waals surface area contributed by atoms with Gasteiger partial charge in [-0.2, -0.15) is 13.2 Å². The molecule has 2 aromatic rings. The summed E-state index contributed by atoms with van der Waals surface area (Å²) in [6.07, 6.45) is -4.38. The van der Waals surface area contributed by atoms with E-state index < -0.39 is 11.7 Å². The molecule has 3 rings (SSSR count). The zero-order valence-corrected chi connectivity index (χ0v) is 16.0. The van der Waals surface area contributed by atoms with Gasteiger partial charge < -0.3 is 14.8 Å². The summed E-state index contributed by atoms with van der Waals surface area (Å²) in [5.74, 6) is -0.295. The van der Waals surface area contributed by atoms with Crippen LogP contribution in [0.2, 0.25) is 0 Å². The topological polar surface area (TPSA) is 56.4 Å². The normalized spacial score (nSPS) is 15.1. The maximum absolute atomic E-state index is 12.9. The average Bonchev–Trinajstić information content (AvgIpc) is 2.95. The van der Waals surface area contributed by atoms with Gasteiger partial charge in [0.2, 0.25) is 0 Å². The van der Waals surface area contributed by atoms with Gasteiger partial charge in [-0.15, -0.1) is 0 Å². The van der Waals surface area contributed by atoms with Gasteiger partial charge in [-0.05, 0) is 44.5 Å². The van der Waals surface area contributed by atoms with Crippen LogP contribution in [0, 0.1) is 13.8 Å². The van der Waals surface area contributed by atoms with Crippen LogP contribution in [0.25, 0.3) is 0 Å². The molecule has 0 saturated carbocycles. The van der Waals surface area contributed by atoms with E-state index in [1.54, 1.807) is 24.8 Å². The summed E-state index contributed by atoms with van der Waals surface area (Å²) in [6.45, 7) is 6.62. The van der Waals surface area contributed by atoms with Crippen molar-refractivity contribution < 1.29 is 22.8 Å². The molecule has 0 bridgehead atoms. The predicted octanol–water partition coefficient (Wildman–Crippen LogP) is 3.82. The maximum Gasteiger partial charge on any atom is 0.416 e. The molecule has 1 aliphatic rings. The largest absolute Gasteiger partial charge is 0.416 e. The van der Waals surface area contributed by atoms with Gasteiger partial charge in [0.1, 0.15) is 5.69 Å². The van der Waals surface area contributed by atoms with Gasteiger partial charge in [0, 0.05) is 43.1 Å². The van der Waals surface area contributed by atoms with E-state index in [4.69, 9.17) is 0 Å². The molecule has 1 aliphatic heterocycles. The second-order valence-electron chi connectivity index (χ2n) is 7.01. The van der Waals surface area contributed by atoms with Crippen LogP contribution in [0.5, 0.6) is 0 Å². The number of halogens is 3. The lowest BCUT2D eigenvalue weighted by molar-refractivity contribution is -0.137. The minimum absolute atomic E-state index is 0.0975. The summed E-state index contributed by atoms with van der Waals surface area (Å²) in [5, 5.41) is 0. The highest BCUT2D eigenvalue weighted by Gasteiger charge is 2.31. The maximum atomic E-state index is 12.9. The van der Waals surface area contributed by atoms with Crippen molar-refractivity contribution in [2.24, 2.45) is 0 Å². The highest BCUT2D eigenvalue weighted by molar-refractivity contribution is 6.02. The van der Waals surface area contributed by atoms with Crippen LogP contribution in [0.15, 0.2) is 24.3 Å². The molecule has 150 valence electrons. The molecule has 0 aliphatic carbocycles. The van der Waals surface area contributed by atoms with Crippen LogP contribution in [0.3, 0.4) is 0 Å². The van der Waals surface area contributed by atoms with Crippen molar-refractivity contribution >= 4 is 17.4 Å². The Balaban J connectivity index is 1.72. The van der Waals surface area contributed by atoms with Crippen molar-refractivity contribution in [3.05, 3.63) is 52.3 Å². The Morgan fingerprint density at radius 2 is 1.71 bits per heavy atom. The van der Waals surface area contributed by atoms with Gasteiger partial charge in [-0.25, -0.2) is 0 Å². The summed E-state index contributed by atoms with van der Waals surface area (Å²) in [7, 11) is 0. The van der Waals surface area contributed by atoms with Gasteiger partial charge >= 0.3 is 6.18 Å². The molecular weight excluding hydrogens is 371 g/mol. The number of amides is 1. The molecular formula is C20H22F3N3O2. The van der Waals surface area contributed by atoms with Crippen molar-refractivity contribution in [2.45, 2.75) is 26.9 Å². The number of aryl methyl sites for hydroxylation is 1. The molecule has 0 atom stereocenters. The van der Waals surface area contributed by atoms with Gasteiger partial charge in [0.15, 0.2) is 5.78 Å². The van der Waals surface area contributed by atoms with Crippen LogP contribution in [-0.2, 0) is 6.18 Å². The molecule has 1 aromatic carbocycles. The fraction of sp³-hybridized carbons (Fsp3) is 0.400. The Hall–Kier alpha value is -2.77. The highest BCUT2D eigenvalue weighted by atomic mass is 19.4. The number of aromatic amines is 1. The number of aromatic nitrogens is 1. The highest BCUT2D eigenvalue weighted by Crippen LogP contribution is 2.32. The van der Waals surface area contributed by atoms with E-state index in [2.05, 4.69) is 4.98 Å². The van der Waals surface area contributed by atoms with Gasteiger partial charge in [0.25, 0.3) is 5.91 Å². The minimum atomic E-state index is -4.38. The molecule has 8 heteroatoms. The number of alkyl halides is 3. The zero-order chi connectivity index (χ0) is 20.6. The number of carbonyl (C=O) groups excluding carboxylic acids is 2. The summed E-state index contributed by atoms with van der Waals surface area (Å²) >= 11 is 0. The van der Waals surface area contributed by atoms with E-state index in [0.717, 1.165) is 12.1 Å². The van der Waals surface area contributed by atoms with Gasteiger partial charge in [-0.1, -0.05) is 6.07 Å². The molecule has 5 nitrogen and oxygen atoms in total. The number of nitrogens with zero attached hydrogens (tertiary/aromatic N) is 2. The fourth-order valence-electron chi connectivity index (χ4n) is 3.70. The summed E-state index contributed by atoms with van der Waals surface area (Å²) < 4.78 is 38.8. The second-order valence-corrected chi connectivity index (χ2v) is 7.01. The molecule has 0 spiro atoms. The van der Waals surface area contributed by atoms with E-state index in [1.807, 2.05) is 4.90 Å². The average molecular weight is 393 g/mol. The summed E-state index contributed by atoms with van der Waals surface area (Å²) in [4.78, 5) is 31.1. The van der Waals surface area contributed by atoms with Crippen LogP contribution in [0.4, 0.5) is 18.9 Å². The quantitative estimate of drug-likeness (QED) is 0.807. The Labute approximate surface area is 161 Å². The molecule has 0 radical (unpaired) electrons. The number of anilines is 1. The third-order valence-electron chi connectivity index (χ3n) is 5.11. The van der Waals surface area contributed by atoms with Crippen LogP contribution < -0.4 is 4.90 Å². The van der Waals surface area contributed by atoms with Crippen molar-refractivity contribution in [3.63, 3.8) is 0 Å². The van der Waals surface area contributed by atoms with Crippen LogP contribution >= 0.6 is 0 Å². The lowest BCUT2D eigenvalue weighted by atomic mass is 10.1. The fourth-order valence-corrected chi connectivity index (χ4v) is 3.70. The molecule has 1 N–H and O–H groups in total. The molecule has 2 heterocycles. The van der Waals surface area contributed by atoms with Gasteiger partial charge in [-0.3, -0.25) is 9.59 Å². The van der Waals surface area contributed by atoms with E-state index in [9.17, 15) is 22.8 Å². The van der Waals surface area contributed by atoms with Gasteiger partial charge in [0.05, 0.1) is 5.56 Å². The lowest BCUT2D eigenvalue weighted by Crippen LogP contribution is -2.49. The van der Waals surface area contributed by atoms with Crippen molar-refractivity contribution in [3.8, 4) is 0 Å². The lowest BCUT2D eigenvalue weighted by Gasteiger charge is -2.36. The van der Waals surface area contributed by atoms with Crippen molar-refractivity contribution in [2.75, 3.05) is 31.1 Å². The number of carbonyl (C=O) groups is 2. The first-order valence-electron chi connectivity index (χ1n) is 9.01. The molecule has 1 amide bonds. The van der Waals surface area contributed by atoms with E-state index >= 15 is 0 Å². The Morgan fingerprint density at radius 1 is 1.07 bits per heavy atom. The number of hydrogen-bond donors (Lipinski definition) is 1. The molecule has 28 heavy (non-hydrogen) atoms. The Morgan fingerprint density at radius 3 is 2.25 bits per heavy atom. The zero-order valence-electron chi connectivity index (χ0n) is 16.0. The third-order valence-corrected chi connectivity index (χ3v) is 5.11. The third kappa shape index (κ3) is 3.76. The van der Waals surface area contributed by atoms with Crippen LogP contribution in [0.1, 0.15) is 44.6 Å². The molecule has 1 aromatic heterocycles. The summed E-state index contributed by atoms with van der Waals surface area (Å²) in [6, 6.07) is 5.22. The first kappa shape index (κ1) is 20.0. The number of nitrogens with one attached hydrogen (secondary N) is 1. The SMILES string of the molecule is CC(=O)c1c(C)[nH]c(C(=O)N2CCN(c3cccc(C(F)(F)F)c3)CC2)c1C. The predicted molar refractivity (Wildman–Crippen MR) is 99.8 cm³/mol. The molecule has 1 fully saturated rings. The van der Waals surface area contributed by atoms with E-state index in [0.29, 0.717) is 54.4 Å². The number of Topliss-reactive ketones (excluding diaryl/α,β-unsaturated/α-hetero) is 1. The van der Waals surface area contributed by atoms with Crippen molar-refractivity contribution in [1.82, 2.24) is 9.88 Å². The number of benzene rings is 1. The number of rotatable bonds is 3. The first-order chi connectivity index (χ1) is 13.1. The first-order valence-corrected chi connectivity index (χ1v) is 9.01. The minimum Gasteiger partial charge on any atom is -0.368 e. The Kier molecular flexibility index (Phi) is 5.23. The Bertz CT molecular complexity index is 910. The molecule has 0 unspecified atom stereocenters. The monoisotopic (exact) mass is 393 g/mol. The second kappa shape index (κ2) is 7.33. The van der Waals surface area contributed by atoms with Crippen LogP contribution in [-0.4, -0.2) is 47.8 Å². The van der Waals surface area contributed by atoms with E-state index in [1.165, 1.54) is 13.0 Å². The number of H-pyrrole nitrogens is 1. The molecule has 1 saturated heterocycles. The number of ketones is 1. The number of piperazine rings is 1. The summed E-state index contributed by atoms with van der Waals surface area (Å²) in [5.41, 5.74) is 2.04.